The first kappa shape index (κ1) is 13.9. The van der Waals surface area contributed by atoms with Crippen LogP contribution < -0.4 is 5.32 Å². The fourth-order valence-electron chi connectivity index (χ4n) is 2.64. The molecule has 1 aliphatic heterocycles. The first-order valence-electron chi connectivity index (χ1n) is 7.57. The molecule has 0 radical (unpaired) electrons. The van der Waals surface area contributed by atoms with E-state index in [2.05, 4.69) is 53.9 Å². The van der Waals surface area contributed by atoms with Crippen molar-refractivity contribution in [2.75, 3.05) is 18.5 Å². The molecule has 1 unspecified atom stereocenters. The van der Waals surface area contributed by atoms with E-state index in [1.54, 1.807) is 0 Å². The van der Waals surface area contributed by atoms with Gasteiger partial charge in [0, 0.05) is 12.2 Å². The molecule has 0 saturated carbocycles. The van der Waals surface area contributed by atoms with Crippen LogP contribution in [-0.4, -0.2) is 19.3 Å². The Hall–Kier alpha value is -2.06. The molecule has 0 saturated heterocycles. The first-order valence-corrected chi connectivity index (χ1v) is 7.57. The van der Waals surface area contributed by atoms with Crippen LogP contribution in [-0.2, 0) is 11.2 Å². The van der Waals surface area contributed by atoms with Crippen LogP contribution in [0.5, 0.6) is 0 Å². The summed E-state index contributed by atoms with van der Waals surface area (Å²) in [7, 11) is 0. The van der Waals surface area contributed by atoms with Crippen LogP contribution >= 0.6 is 0 Å². The van der Waals surface area contributed by atoms with E-state index in [0.717, 1.165) is 19.4 Å². The third kappa shape index (κ3) is 3.96. The predicted octanol–water partition coefficient (Wildman–Crippen LogP) is 4.14. The summed E-state index contributed by atoms with van der Waals surface area (Å²) >= 11 is 0. The number of benzene rings is 2. The van der Waals surface area contributed by atoms with E-state index in [-0.39, 0.29) is 6.10 Å². The van der Waals surface area contributed by atoms with E-state index < -0.39 is 0 Å². The van der Waals surface area contributed by atoms with Gasteiger partial charge in [0.05, 0.1) is 12.7 Å². The highest BCUT2D eigenvalue weighted by Crippen LogP contribution is 2.21. The summed E-state index contributed by atoms with van der Waals surface area (Å²) in [6, 6.07) is 18.8. The van der Waals surface area contributed by atoms with E-state index in [9.17, 15) is 0 Å². The van der Waals surface area contributed by atoms with Crippen molar-refractivity contribution in [2.45, 2.75) is 18.9 Å². The lowest BCUT2D eigenvalue weighted by Gasteiger charge is -2.14. The zero-order valence-electron chi connectivity index (χ0n) is 12.2. The van der Waals surface area contributed by atoms with Gasteiger partial charge in [-0.25, -0.2) is 0 Å². The van der Waals surface area contributed by atoms with Crippen molar-refractivity contribution < 1.29 is 4.74 Å². The number of para-hydroxylation sites is 1. The highest BCUT2D eigenvalue weighted by Gasteiger charge is 2.14. The summed E-state index contributed by atoms with van der Waals surface area (Å²) in [5.74, 6) is 0. The molecule has 1 heterocycles. The van der Waals surface area contributed by atoms with Crippen LogP contribution in [0.25, 0.3) is 6.08 Å². The molecule has 3 rings (SSSR count). The molecule has 0 spiro atoms. The molecular formula is C19H21NO. The largest absolute Gasteiger partial charge is 0.382 e. The lowest BCUT2D eigenvalue weighted by atomic mass is 10.1. The Kier molecular flexibility index (Phi) is 4.70. The molecule has 0 fully saturated rings. The monoisotopic (exact) mass is 279 g/mol. The number of hydrogen-bond acceptors (Lipinski definition) is 2. The van der Waals surface area contributed by atoms with Gasteiger partial charge in [-0.2, -0.15) is 0 Å². The number of anilines is 1. The zero-order valence-corrected chi connectivity index (χ0v) is 12.2. The van der Waals surface area contributed by atoms with Crippen LogP contribution in [0.1, 0.15) is 17.5 Å². The van der Waals surface area contributed by atoms with E-state index in [0.29, 0.717) is 6.61 Å². The SMILES string of the molecule is C(=C\c1ccccc1)/COC1CCc2ccccc2NC1. The second kappa shape index (κ2) is 7.09. The summed E-state index contributed by atoms with van der Waals surface area (Å²) in [6.07, 6.45) is 6.63. The number of fused-ring (bicyclic) bond motifs is 1. The van der Waals surface area contributed by atoms with Gasteiger partial charge in [-0.15, -0.1) is 0 Å². The van der Waals surface area contributed by atoms with Crippen molar-refractivity contribution in [2.24, 2.45) is 0 Å². The maximum absolute atomic E-state index is 5.97. The standard InChI is InChI=1S/C19H21NO/c1-2-7-16(8-3-1)9-6-14-21-18-13-12-17-10-4-5-11-19(17)20-15-18/h1-11,18,20H,12-15H2/b9-6+. The third-order valence-corrected chi connectivity index (χ3v) is 3.81. The average molecular weight is 279 g/mol. The van der Waals surface area contributed by atoms with E-state index >= 15 is 0 Å². The minimum Gasteiger partial charge on any atom is -0.382 e. The first-order chi connectivity index (χ1) is 10.4. The third-order valence-electron chi connectivity index (χ3n) is 3.81. The maximum atomic E-state index is 5.97. The van der Waals surface area contributed by atoms with E-state index in [1.165, 1.54) is 16.8 Å². The Bertz CT molecular complexity index is 565. The summed E-state index contributed by atoms with van der Waals surface area (Å²) in [4.78, 5) is 0. The highest BCUT2D eigenvalue weighted by atomic mass is 16.5. The minimum absolute atomic E-state index is 0.276. The van der Waals surface area contributed by atoms with Crippen LogP contribution in [0.2, 0.25) is 0 Å². The van der Waals surface area contributed by atoms with Gasteiger partial charge in [-0.1, -0.05) is 60.7 Å². The quantitative estimate of drug-likeness (QED) is 0.908. The summed E-state index contributed by atoms with van der Waals surface area (Å²) in [5, 5.41) is 3.48. The fraction of sp³-hybridized carbons (Fsp3) is 0.263. The van der Waals surface area contributed by atoms with Crippen LogP contribution in [0.3, 0.4) is 0 Å². The van der Waals surface area contributed by atoms with E-state index in [1.807, 2.05) is 18.2 Å². The molecule has 0 aromatic heterocycles. The normalized spacial score (nSPS) is 18.0. The van der Waals surface area contributed by atoms with Gasteiger partial charge in [-0.05, 0) is 30.0 Å². The molecule has 21 heavy (non-hydrogen) atoms. The Morgan fingerprint density at radius 3 is 2.76 bits per heavy atom. The molecule has 1 aliphatic rings. The van der Waals surface area contributed by atoms with Crippen LogP contribution in [0, 0.1) is 0 Å². The highest BCUT2D eigenvalue weighted by molar-refractivity contribution is 5.52. The molecule has 0 aliphatic carbocycles. The second-order valence-corrected chi connectivity index (χ2v) is 5.35. The van der Waals surface area contributed by atoms with Crippen LogP contribution in [0.15, 0.2) is 60.7 Å². The van der Waals surface area contributed by atoms with E-state index in [4.69, 9.17) is 4.74 Å². The van der Waals surface area contributed by atoms with Crippen molar-refractivity contribution in [3.05, 3.63) is 71.8 Å². The smallest absolute Gasteiger partial charge is 0.0754 e. The lowest BCUT2D eigenvalue weighted by molar-refractivity contribution is 0.0790. The minimum atomic E-state index is 0.276. The number of nitrogens with one attached hydrogen (secondary N) is 1. The molecule has 2 nitrogen and oxygen atoms in total. The van der Waals surface area contributed by atoms with Gasteiger partial charge >= 0.3 is 0 Å². The second-order valence-electron chi connectivity index (χ2n) is 5.35. The molecular weight excluding hydrogens is 258 g/mol. The maximum Gasteiger partial charge on any atom is 0.0754 e. The molecule has 1 N–H and O–H groups in total. The van der Waals surface area contributed by atoms with Crippen molar-refractivity contribution in [3.63, 3.8) is 0 Å². The van der Waals surface area contributed by atoms with Gasteiger partial charge < -0.3 is 10.1 Å². The van der Waals surface area contributed by atoms with Gasteiger partial charge in [0.25, 0.3) is 0 Å². The van der Waals surface area contributed by atoms with Gasteiger partial charge in [0.2, 0.25) is 0 Å². The Labute approximate surface area is 126 Å². The van der Waals surface area contributed by atoms with Crippen molar-refractivity contribution in [3.8, 4) is 0 Å². The number of ether oxygens (including phenoxy) is 1. The number of rotatable bonds is 4. The van der Waals surface area contributed by atoms with Gasteiger partial charge in [0.15, 0.2) is 0 Å². The van der Waals surface area contributed by atoms with Gasteiger partial charge in [-0.3, -0.25) is 0 Å². The zero-order chi connectivity index (χ0) is 14.3. The molecule has 0 bridgehead atoms. The van der Waals surface area contributed by atoms with Crippen LogP contribution in [0.4, 0.5) is 5.69 Å². The Balaban J connectivity index is 1.48. The molecule has 2 aromatic carbocycles. The van der Waals surface area contributed by atoms with Crippen molar-refractivity contribution in [1.82, 2.24) is 0 Å². The molecule has 108 valence electrons. The van der Waals surface area contributed by atoms with Crippen molar-refractivity contribution >= 4 is 11.8 Å². The molecule has 1 atom stereocenters. The summed E-state index contributed by atoms with van der Waals surface area (Å²) < 4.78 is 5.97. The molecule has 2 heteroatoms. The fourth-order valence-corrected chi connectivity index (χ4v) is 2.64. The number of aryl methyl sites for hydroxylation is 1. The summed E-state index contributed by atoms with van der Waals surface area (Å²) in [6.45, 7) is 1.55. The molecule has 2 aromatic rings. The average Bonchev–Trinajstić information content (AvgIpc) is 2.75. The topological polar surface area (TPSA) is 21.3 Å². The predicted molar refractivity (Wildman–Crippen MR) is 88.5 cm³/mol. The Morgan fingerprint density at radius 2 is 1.86 bits per heavy atom. The number of hydrogen-bond donors (Lipinski definition) is 1. The summed E-state index contributed by atoms with van der Waals surface area (Å²) in [5.41, 5.74) is 3.86. The lowest BCUT2D eigenvalue weighted by Crippen LogP contribution is -2.21. The molecule has 0 amide bonds. The van der Waals surface area contributed by atoms with Gasteiger partial charge in [0.1, 0.15) is 0 Å². The Morgan fingerprint density at radius 1 is 1.05 bits per heavy atom. The van der Waals surface area contributed by atoms with Crippen molar-refractivity contribution in [1.29, 1.82) is 0 Å².